The van der Waals surface area contributed by atoms with Gasteiger partial charge in [0, 0.05) is 19.8 Å². The van der Waals surface area contributed by atoms with E-state index in [-0.39, 0.29) is 0 Å². The molecule has 0 saturated heterocycles. The topological polar surface area (TPSA) is 36.9 Å². The fraction of sp³-hybridized carbons (Fsp3) is 1.00. The third-order valence-electron chi connectivity index (χ3n) is 3.99. The number of hydrogen-bond donors (Lipinski definition) is 0. The third-order valence-corrected chi connectivity index (χ3v) is 8.18. The lowest BCUT2D eigenvalue weighted by Crippen LogP contribution is -2.48. The molecule has 0 aromatic heterocycles. The highest BCUT2D eigenvalue weighted by Gasteiger charge is 2.44. The lowest BCUT2D eigenvalue weighted by Gasteiger charge is -2.38. The maximum atomic E-state index is 6.24. The van der Waals surface area contributed by atoms with Crippen molar-refractivity contribution >= 4 is 8.56 Å². The van der Waals surface area contributed by atoms with E-state index in [2.05, 4.69) is 6.92 Å². The molecule has 0 aromatic carbocycles. The maximum absolute atomic E-state index is 6.24. The minimum atomic E-state index is -2.10. The molecule has 19 heavy (non-hydrogen) atoms. The smallest absolute Gasteiger partial charge is 0.341 e. The summed E-state index contributed by atoms with van der Waals surface area (Å²) < 4.78 is 22.7. The Bertz CT molecular complexity index is 209. The quantitative estimate of drug-likeness (QED) is 0.457. The lowest BCUT2D eigenvalue weighted by atomic mass is 10.0. The van der Waals surface area contributed by atoms with Gasteiger partial charge in [-0.2, -0.15) is 0 Å². The van der Waals surface area contributed by atoms with E-state index < -0.39 is 8.56 Å². The van der Waals surface area contributed by atoms with E-state index in [1.165, 1.54) is 32.1 Å². The van der Waals surface area contributed by atoms with Gasteiger partial charge in [0.25, 0.3) is 0 Å². The van der Waals surface area contributed by atoms with Crippen molar-refractivity contribution in [3.63, 3.8) is 0 Å². The Morgan fingerprint density at radius 2 is 1.37 bits per heavy atom. The van der Waals surface area contributed by atoms with Crippen LogP contribution in [0.15, 0.2) is 0 Å². The van der Waals surface area contributed by atoms with Gasteiger partial charge < -0.3 is 18.3 Å². The van der Waals surface area contributed by atoms with Crippen LogP contribution in [0.2, 0.25) is 11.6 Å². The molecule has 0 N–H and O–H groups in total. The minimum Gasteiger partial charge on any atom is -0.392 e. The summed E-state index contributed by atoms with van der Waals surface area (Å²) in [5.41, 5.74) is 0.639. The SMILES string of the molecule is CC[Si](OCCOC)(OCCOC)C1CCCCC1. The van der Waals surface area contributed by atoms with E-state index >= 15 is 0 Å². The molecule has 0 heterocycles. The molecule has 0 bridgehead atoms. The van der Waals surface area contributed by atoms with Gasteiger partial charge >= 0.3 is 8.56 Å². The summed E-state index contributed by atoms with van der Waals surface area (Å²) >= 11 is 0. The van der Waals surface area contributed by atoms with Gasteiger partial charge in [0.1, 0.15) is 0 Å². The molecule has 1 rings (SSSR count). The standard InChI is InChI=1S/C14H30O4Si/c1-4-19(17-12-10-15-2,18-13-11-16-3)14-8-6-5-7-9-14/h14H,4-13H2,1-3H3. The van der Waals surface area contributed by atoms with Crippen LogP contribution in [0.1, 0.15) is 39.0 Å². The molecule has 1 aliphatic carbocycles. The summed E-state index contributed by atoms with van der Waals surface area (Å²) in [4.78, 5) is 0. The molecule has 1 saturated carbocycles. The average Bonchev–Trinajstić information content (AvgIpc) is 2.47. The van der Waals surface area contributed by atoms with Crippen molar-refractivity contribution in [3.05, 3.63) is 0 Å². The molecule has 1 aliphatic rings. The molecule has 0 spiro atoms. The lowest BCUT2D eigenvalue weighted by molar-refractivity contribution is 0.0790. The first kappa shape index (κ1) is 17.1. The van der Waals surface area contributed by atoms with E-state index in [1.54, 1.807) is 14.2 Å². The molecule has 0 atom stereocenters. The molecular weight excluding hydrogens is 260 g/mol. The summed E-state index contributed by atoms with van der Waals surface area (Å²) in [7, 11) is 1.32. The Morgan fingerprint density at radius 3 is 1.79 bits per heavy atom. The van der Waals surface area contributed by atoms with Crippen LogP contribution in [0, 0.1) is 0 Å². The van der Waals surface area contributed by atoms with Crippen LogP contribution in [0.25, 0.3) is 0 Å². The van der Waals surface area contributed by atoms with E-state index in [4.69, 9.17) is 18.3 Å². The van der Waals surface area contributed by atoms with Crippen molar-refractivity contribution in [1.82, 2.24) is 0 Å². The molecule has 0 aliphatic heterocycles. The molecule has 0 unspecified atom stereocenters. The zero-order valence-electron chi connectivity index (χ0n) is 12.8. The predicted molar refractivity (Wildman–Crippen MR) is 78.7 cm³/mol. The van der Waals surface area contributed by atoms with Crippen LogP contribution in [-0.4, -0.2) is 49.2 Å². The fourth-order valence-electron chi connectivity index (χ4n) is 2.91. The first-order valence-corrected chi connectivity index (χ1v) is 9.65. The predicted octanol–water partition coefficient (Wildman–Crippen LogP) is 3.11. The van der Waals surface area contributed by atoms with Crippen molar-refractivity contribution in [2.45, 2.75) is 50.6 Å². The highest BCUT2D eigenvalue weighted by atomic mass is 28.4. The second kappa shape index (κ2) is 9.88. The van der Waals surface area contributed by atoms with E-state index in [1.807, 2.05) is 0 Å². The molecule has 114 valence electrons. The molecule has 0 radical (unpaired) electrons. The Kier molecular flexibility index (Phi) is 8.90. The van der Waals surface area contributed by atoms with E-state index in [0.717, 1.165) is 6.04 Å². The maximum Gasteiger partial charge on any atom is 0.341 e. The summed E-state index contributed by atoms with van der Waals surface area (Å²) in [6.45, 7) is 4.81. The molecule has 4 nitrogen and oxygen atoms in total. The average molecular weight is 290 g/mol. The normalized spacial score (nSPS) is 17.8. The van der Waals surface area contributed by atoms with Crippen LogP contribution in [0.5, 0.6) is 0 Å². The Morgan fingerprint density at radius 1 is 0.842 bits per heavy atom. The van der Waals surface area contributed by atoms with Gasteiger partial charge in [0.15, 0.2) is 0 Å². The summed E-state index contributed by atoms with van der Waals surface area (Å²) in [6.07, 6.45) is 6.53. The third kappa shape index (κ3) is 5.51. The van der Waals surface area contributed by atoms with Crippen LogP contribution in [-0.2, 0) is 18.3 Å². The van der Waals surface area contributed by atoms with E-state index in [0.29, 0.717) is 32.0 Å². The van der Waals surface area contributed by atoms with Gasteiger partial charge in [0.2, 0.25) is 0 Å². The molecular formula is C14H30O4Si. The zero-order valence-corrected chi connectivity index (χ0v) is 13.8. The van der Waals surface area contributed by atoms with Gasteiger partial charge in [-0.15, -0.1) is 0 Å². The zero-order chi connectivity index (χ0) is 14.0. The second-order valence-corrected chi connectivity index (χ2v) is 8.91. The largest absolute Gasteiger partial charge is 0.392 e. The fourth-order valence-corrected chi connectivity index (χ4v) is 6.59. The summed E-state index contributed by atoms with van der Waals surface area (Å²) in [5, 5.41) is 0. The number of methoxy groups -OCH3 is 2. The van der Waals surface area contributed by atoms with Crippen LogP contribution >= 0.6 is 0 Å². The molecule has 0 aromatic rings. The summed E-state index contributed by atoms with van der Waals surface area (Å²) in [5.74, 6) is 0. The van der Waals surface area contributed by atoms with Crippen LogP contribution in [0.4, 0.5) is 0 Å². The van der Waals surface area contributed by atoms with Crippen LogP contribution in [0.3, 0.4) is 0 Å². The van der Waals surface area contributed by atoms with Crippen LogP contribution < -0.4 is 0 Å². The first-order valence-electron chi connectivity index (χ1n) is 7.55. The van der Waals surface area contributed by atoms with Crippen molar-refractivity contribution in [1.29, 1.82) is 0 Å². The van der Waals surface area contributed by atoms with Gasteiger partial charge in [-0.3, -0.25) is 0 Å². The van der Waals surface area contributed by atoms with Gasteiger partial charge in [0.05, 0.1) is 26.4 Å². The number of rotatable bonds is 10. The molecule has 1 fully saturated rings. The van der Waals surface area contributed by atoms with Crippen molar-refractivity contribution in [2.75, 3.05) is 40.6 Å². The first-order chi connectivity index (χ1) is 9.29. The van der Waals surface area contributed by atoms with E-state index in [9.17, 15) is 0 Å². The minimum absolute atomic E-state index is 0.639. The Labute approximate surface area is 119 Å². The Hall–Kier alpha value is 0.0569. The second-order valence-electron chi connectivity index (χ2n) is 5.18. The van der Waals surface area contributed by atoms with Gasteiger partial charge in [-0.1, -0.05) is 26.2 Å². The highest BCUT2D eigenvalue weighted by Crippen LogP contribution is 2.40. The van der Waals surface area contributed by atoms with Gasteiger partial charge in [-0.25, -0.2) is 0 Å². The number of ether oxygens (including phenoxy) is 2. The van der Waals surface area contributed by atoms with Gasteiger partial charge in [-0.05, 0) is 18.9 Å². The summed E-state index contributed by atoms with van der Waals surface area (Å²) in [6, 6.07) is 1.02. The van der Waals surface area contributed by atoms with Crippen molar-refractivity contribution in [2.24, 2.45) is 0 Å². The monoisotopic (exact) mass is 290 g/mol. The highest BCUT2D eigenvalue weighted by molar-refractivity contribution is 6.69. The molecule has 5 heteroatoms. The van der Waals surface area contributed by atoms with Crippen molar-refractivity contribution < 1.29 is 18.3 Å². The number of hydrogen-bond acceptors (Lipinski definition) is 4. The molecule has 0 amide bonds. The van der Waals surface area contributed by atoms with Crippen molar-refractivity contribution in [3.8, 4) is 0 Å². The Balaban J connectivity index is 2.60.